The van der Waals surface area contributed by atoms with Crippen molar-refractivity contribution < 1.29 is 9.47 Å². The van der Waals surface area contributed by atoms with Crippen LogP contribution >= 0.6 is 12.2 Å². The standard InChI is InChI=1S/C12H18N2O2S/c1-4-15-9-6-7-11(16-5-2)10(8-9)14-12(17)13-3/h6-8H,4-5H2,1-3H3,(H2,13,14,17). The monoisotopic (exact) mass is 254 g/mol. The van der Waals surface area contributed by atoms with E-state index in [1.54, 1.807) is 7.05 Å². The van der Waals surface area contributed by atoms with E-state index < -0.39 is 0 Å². The van der Waals surface area contributed by atoms with E-state index in [2.05, 4.69) is 10.6 Å². The molecule has 0 saturated carbocycles. The highest BCUT2D eigenvalue weighted by Gasteiger charge is 2.06. The first kappa shape index (κ1) is 13.6. The van der Waals surface area contributed by atoms with Gasteiger partial charge in [0.05, 0.1) is 18.9 Å². The highest BCUT2D eigenvalue weighted by Crippen LogP contribution is 2.29. The Balaban J connectivity index is 2.93. The van der Waals surface area contributed by atoms with Crippen LogP contribution in [0.5, 0.6) is 11.5 Å². The number of rotatable bonds is 5. The first-order valence-electron chi connectivity index (χ1n) is 5.59. The molecule has 94 valence electrons. The molecule has 4 nitrogen and oxygen atoms in total. The van der Waals surface area contributed by atoms with Gasteiger partial charge in [-0.1, -0.05) is 0 Å². The first-order valence-corrected chi connectivity index (χ1v) is 6.00. The lowest BCUT2D eigenvalue weighted by Gasteiger charge is -2.14. The largest absolute Gasteiger partial charge is 0.494 e. The van der Waals surface area contributed by atoms with Crippen LogP contribution in [-0.4, -0.2) is 25.4 Å². The summed E-state index contributed by atoms with van der Waals surface area (Å²) >= 11 is 5.07. The molecular weight excluding hydrogens is 236 g/mol. The Bertz CT molecular complexity index is 383. The quantitative estimate of drug-likeness (QED) is 0.790. The molecular formula is C12H18N2O2S. The Morgan fingerprint density at radius 1 is 1.24 bits per heavy atom. The topological polar surface area (TPSA) is 42.5 Å². The van der Waals surface area contributed by atoms with Crippen LogP contribution in [0.3, 0.4) is 0 Å². The maximum absolute atomic E-state index is 5.51. The third kappa shape index (κ3) is 4.11. The number of hydrogen-bond acceptors (Lipinski definition) is 3. The zero-order chi connectivity index (χ0) is 12.7. The number of benzene rings is 1. The number of thiocarbonyl (C=S) groups is 1. The van der Waals surface area contributed by atoms with Crippen molar-refractivity contribution in [3.63, 3.8) is 0 Å². The molecule has 0 spiro atoms. The second-order valence-corrected chi connectivity index (χ2v) is 3.64. The summed E-state index contributed by atoms with van der Waals surface area (Å²) in [4.78, 5) is 0. The zero-order valence-corrected chi connectivity index (χ0v) is 11.2. The minimum Gasteiger partial charge on any atom is -0.494 e. The third-order valence-corrected chi connectivity index (χ3v) is 2.34. The van der Waals surface area contributed by atoms with Crippen molar-refractivity contribution in [3.8, 4) is 11.5 Å². The molecule has 0 aromatic heterocycles. The van der Waals surface area contributed by atoms with Crippen LogP contribution in [0.4, 0.5) is 5.69 Å². The summed E-state index contributed by atoms with van der Waals surface area (Å²) in [5.41, 5.74) is 0.803. The van der Waals surface area contributed by atoms with Crippen molar-refractivity contribution in [3.05, 3.63) is 18.2 Å². The van der Waals surface area contributed by atoms with E-state index in [0.29, 0.717) is 18.3 Å². The normalized spacial score (nSPS) is 9.59. The highest BCUT2D eigenvalue weighted by atomic mass is 32.1. The summed E-state index contributed by atoms with van der Waals surface area (Å²) in [6.07, 6.45) is 0. The van der Waals surface area contributed by atoms with E-state index in [0.717, 1.165) is 17.2 Å². The van der Waals surface area contributed by atoms with E-state index in [1.807, 2.05) is 32.0 Å². The average molecular weight is 254 g/mol. The van der Waals surface area contributed by atoms with Gasteiger partial charge in [0.2, 0.25) is 0 Å². The summed E-state index contributed by atoms with van der Waals surface area (Å²) in [5.74, 6) is 1.55. The lowest BCUT2D eigenvalue weighted by atomic mass is 10.2. The van der Waals surface area contributed by atoms with Crippen molar-refractivity contribution >= 4 is 23.0 Å². The molecule has 0 aliphatic carbocycles. The van der Waals surface area contributed by atoms with Gasteiger partial charge >= 0.3 is 0 Å². The van der Waals surface area contributed by atoms with Gasteiger partial charge in [-0.3, -0.25) is 0 Å². The van der Waals surface area contributed by atoms with E-state index in [9.17, 15) is 0 Å². The molecule has 0 amide bonds. The van der Waals surface area contributed by atoms with Gasteiger partial charge in [0.1, 0.15) is 11.5 Å². The molecule has 1 aromatic carbocycles. The van der Waals surface area contributed by atoms with Gasteiger partial charge in [-0.2, -0.15) is 0 Å². The zero-order valence-electron chi connectivity index (χ0n) is 10.4. The number of hydrogen-bond donors (Lipinski definition) is 2. The summed E-state index contributed by atoms with van der Waals surface area (Å²) < 4.78 is 10.9. The van der Waals surface area contributed by atoms with E-state index in [-0.39, 0.29) is 0 Å². The van der Waals surface area contributed by atoms with Crippen molar-refractivity contribution in [2.45, 2.75) is 13.8 Å². The predicted molar refractivity (Wildman–Crippen MR) is 74.1 cm³/mol. The van der Waals surface area contributed by atoms with Crippen LogP contribution in [0.2, 0.25) is 0 Å². The Kier molecular flexibility index (Phi) is 5.56. The molecule has 0 radical (unpaired) electrons. The lowest BCUT2D eigenvalue weighted by molar-refractivity contribution is 0.332. The van der Waals surface area contributed by atoms with Crippen molar-refractivity contribution in [2.24, 2.45) is 0 Å². The molecule has 0 saturated heterocycles. The molecule has 1 rings (SSSR count). The van der Waals surface area contributed by atoms with Crippen LogP contribution in [0.1, 0.15) is 13.8 Å². The summed E-state index contributed by atoms with van der Waals surface area (Å²) in [5, 5.41) is 6.46. The van der Waals surface area contributed by atoms with Gasteiger partial charge in [0, 0.05) is 13.1 Å². The van der Waals surface area contributed by atoms with Gasteiger partial charge in [0.25, 0.3) is 0 Å². The fourth-order valence-corrected chi connectivity index (χ4v) is 1.44. The highest BCUT2D eigenvalue weighted by molar-refractivity contribution is 7.80. The maximum atomic E-state index is 5.51. The van der Waals surface area contributed by atoms with Crippen molar-refractivity contribution in [2.75, 3.05) is 25.6 Å². The molecule has 0 aliphatic heterocycles. The van der Waals surface area contributed by atoms with Crippen molar-refractivity contribution in [1.82, 2.24) is 5.32 Å². The number of nitrogens with one attached hydrogen (secondary N) is 2. The lowest BCUT2D eigenvalue weighted by Crippen LogP contribution is -2.24. The number of ether oxygens (including phenoxy) is 2. The van der Waals surface area contributed by atoms with E-state index >= 15 is 0 Å². The number of anilines is 1. The molecule has 0 heterocycles. The molecule has 0 aliphatic rings. The molecule has 5 heteroatoms. The minimum absolute atomic E-state index is 0.541. The molecule has 2 N–H and O–H groups in total. The van der Waals surface area contributed by atoms with Gasteiger partial charge < -0.3 is 20.1 Å². The molecule has 17 heavy (non-hydrogen) atoms. The SMILES string of the molecule is CCOc1ccc(OCC)c(NC(=S)NC)c1. The van der Waals surface area contributed by atoms with Gasteiger partial charge in [-0.25, -0.2) is 0 Å². The van der Waals surface area contributed by atoms with Gasteiger partial charge in [-0.15, -0.1) is 0 Å². The van der Waals surface area contributed by atoms with Crippen LogP contribution in [0, 0.1) is 0 Å². The molecule has 0 atom stereocenters. The Morgan fingerprint density at radius 2 is 1.94 bits per heavy atom. The summed E-state index contributed by atoms with van der Waals surface area (Å²) in [6.45, 7) is 5.12. The van der Waals surface area contributed by atoms with Gasteiger partial charge in [-0.05, 0) is 38.2 Å². The summed E-state index contributed by atoms with van der Waals surface area (Å²) in [6, 6.07) is 5.62. The fourth-order valence-electron chi connectivity index (χ4n) is 1.33. The Morgan fingerprint density at radius 3 is 2.53 bits per heavy atom. The fraction of sp³-hybridized carbons (Fsp3) is 0.417. The van der Waals surface area contributed by atoms with Crippen LogP contribution in [-0.2, 0) is 0 Å². The predicted octanol–water partition coefficient (Wildman–Crippen LogP) is 2.40. The first-order chi connectivity index (χ1) is 8.21. The van der Waals surface area contributed by atoms with E-state index in [4.69, 9.17) is 21.7 Å². The molecule has 0 unspecified atom stereocenters. The second kappa shape index (κ2) is 6.96. The minimum atomic E-state index is 0.541. The van der Waals surface area contributed by atoms with Crippen molar-refractivity contribution in [1.29, 1.82) is 0 Å². The van der Waals surface area contributed by atoms with Crippen LogP contribution in [0.15, 0.2) is 18.2 Å². The smallest absolute Gasteiger partial charge is 0.170 e. The van der Waals surface area contributed by atoms with Gasteiger partial charge in [0.15, 0.2) is 5.11 Å². The maximum Gasteiger partial charge on any atom is 0.170 e. The van der Waals surface area contributed by atoms with Crippen LogP contribution in [0.25, 0.3) is 0 Å². The molecule has 0 bridgehead atoms. The molecule has 0 fully saturated rings. The Labute approximate surface area is 107 Å². The van der Waals surface area contributed by atoms with Crippen LogP contribution < -0.4 is 20.1 Å². The Hall–Kier alpha value is -1.49. The average Bonchev–Trinajstić information content (AvgIpc) is 2.33. The molecule has 1 aromatic rings. The second-order valence-electron chi connectivity index (χ2n) is 3.23. The summed E-state index contributed by atoms with van der Waals surface area (Å²) in [7, 11) is 1.77. The third-order valence-electron chi connectivity index (χ3n) is 2.04. The van der Waals surface area contributed by atoms with E-state index in [1.165, 1.54) is 0 Å².